The molecule has 5 nitrogen and oxygen atoms in total. The maximum atomic E-state index is 13.8. The maximum Gasteiger partial charge on any atom is 0.256 e. The Morgan fingerprint density at radius 1 is 0.829 bits per heavy atom. The first-order valence-electron chi connectivity index (χ1n) is 11.8. The van der Waals surface area contributed by atoms with Crippen molar-refractivity contribution in [3.63, 3.8) is 0 Å². The second-order valence-electron chi connectivity index (χ2n) is 8.97. The summed E-state index contributed by atoms with van der Waals surface area (Å²) >= 11 is 0. The van der Waals surface area contributed by atoms with E-state index in [-0.39, 0.29) is 11.7 Å². The van der Waals surface area contributed by atoms with Gasteiger partial charge in [0, 0.05) is 23.7 Å². The van der Waals surface area contributed by atoms with E-state index in [4.69, 9.17) is 0 Å². The highest BCUT2D eigenvalue weighted by Gasteiger charge is 2.51. The van der Waals surface area contributed by atoms with Crippen LogP contribution in [0, 0.1) is 0 Å². The van der Waals surface area contributed by atoms with Crippen LogP contribution in [0.3, 0.4) is 0 Å². The number of amides is 1. The molecule has 3 N–H and O–H groups in total. The molecule has 4 aromatic carbocycles. The lowest BCUT2D eigenvalue weighted by molar-refractivity contribution is 0.0373. The van der Waals surface area contributed by atoms with Crippen molar-refractivity contribution in [3.8, 4) is 5.75 Å². The van der Waals surface area contributed by atoms with E-state index in [1.165, 1.54) is 0 Å². The molecule has 0 fully saturated rings. The number of fused-ring (bicyclic) bond motifs is 1. The molecule has 5 rings (SSSR count). The van der Waals surface area contributed by atoms with Crippen LogP contribution in [-0.4, -0.2) is 27.1 Å². The zero-order valence-corrected chi connectivity index (χ0v) is 19.5. The first-order chi connectivity index (χ1) is 17.0. The number of carbonyl (C=O) groups is 1. The second kappa shape index (κ2) is 9.37. The van der Waals surface area contributed by atoms with E-state index in [1.54, 1.807) is 24.3 Å². The van der Waals surface area contributed by atoms with Gasteiger partial charge in [-0.25, -0.2) is 0 Å². The third-order valence-electron chi connectivity index (χ3n) is 6.72. The fourth-order valence-electron chi connectivity index (χ4n) is 4.98. The molecule has 35 heavy (non-hydrogen) atoms. The van der Waals surface area contributed by atoms with Gasteiger partial charge in [-0.05, 0) is 41.8 Å². The predicted octanol–water partition coefficient (Wildman–Crippen LogP) is 4.96. The van der Waals surface area contributed by atoms with Crippen LogP contribution in [0.25, 0.3) is 0 Å². The van der Waals surface area contributed by atoms with Crippen LogP contribution in [0.5, 0.6) is 5.75 Å². The number of phenols is 1. The Kier molecular flexibility index (Phi) is 6.12. The molecule has 176 valence electrons. The number of aromatic hydroxyl groups is 1. The number of carbonyl (C=O) groups excluding carboxylic acids is 1. The largest absolute Gasteiger partial charge is 0.508 e. The third-order valence-corrected chi connectivity index (χ3v) is 6.72. The minimum Gasteiger partial charge on any atom is -0.508 e. The summed E-state index contributed by atoms with van der Waals surface area (Å²) in [7, 11) is 0. The molecule has 1 aliphatic heterocycles. The number of nitrogens with zero attached hydrogens (tertiary/aromatic N) is 1. The van der Waals surface area contributed by atoms with Crippen molar-refractivity contribution < 1.29 is 15.0 Å². The number of aliphatic hydroxyl groups excluding tert-OH is 1. The standard InChI is InChI=1S/C30H28N2O3/c1-21(28(34)23-16-18-25(33)19-17-23)31-30(24-12-6-3-7-13-24)27-15-9-8-14-26(27)29(35)32(30)20-22-10-4-2-5-11-22/h2-19,21,28,31,33-34H,20H2,1H3. The van der Waals surface area contributed by atoms with E-state index in [0.29, 0.717) is 17.7 Å². The van der Waals surface area contributed by atoms with E-state index < -0.39 is 17.8 Å². The summed E-state index contributed by atoms with van der Waals surface area (Å²) in [4.78, 5) is 15.7. The average Bonchev–Trinajstić information content (AvgIpc) is 3.13. The Labute approximate surface area is 205 Å². The van der Waals surface area contributed by atoms with E-state index in [9.17, 15) is 15.0 Å². The van der Waals surface area contributed by atoms with Crippen LogP contribution in [0.15, 0.2) is 109 Å². The normalized spacial score (nSPS) is 18.8. The highest BCUT2D eigenvalue weighted by molar-refractivity contribution is 6.00. The van der Waals surface area contributed by atoms with Crippen LogP contribution in [0.2, 0.25) is 0 Å². The van der Waals surface area contributed by atoms with Gasteiger partial charge in [0.05, 0.1) is 6.10 Å². The van der Waals surface area contributed by atoms with E-state index in [1.807, 2.05) is 96.8 Å². The van der Waals surface area contributed by atoms with Gasteiger partial charge >= 0.3 is 0 Å². The lowest BCUT2D eigenvalue weighted by Gasteiger charge is -2.43. The fourth-order valence-corrected chi connectivity index (χ4v) is 4.98. The molecule has 5 heteroatoms. The van der Waals surface area contributed by atoms with Gasteiger partial charge in [-0.2, -0.15) is 0 Å². The smallest absolute Gasteiger partial charge is 0.256 e. The third kappa shape index (κ3) is 4.09. The SMILES string of the molecule is CC(NC1(c2ccccc2)c2ccccc2C(=O)N1Cc1ccccc1)C(O)c1ccc(O)cc1. The highest BCUT2D eigenvalue weighted by Crippen LogP contribution is 2.44. The first kappa shape index (κ1) is 22.8. The van der Waals surface area contributed by atoms with Crippen molar-refractivity contribution in [3.05, 3.63) is 137 Å². The molecular formula is C30H28N2O3. The van der Waals surface area contributed by atoms with E-state index >= 15 is 0 Å². The molecule has 0 saturated carbocycles. The number of hydrogen-bond acceptors (Lipinski definition) is 4. The monoisotopic (exact) mass is 464 g/mol. The number of phenolic OH excluding ortho intramolecular Hbond substituents is 1. The van der Waals surface area contributed by atoms with E-state index in [0.717, 1.165) is 16.7 Å². The molecule has 0 spiro atoms. The molecule has 3 unspecified atom stereocenters. The van der Waals surface area contributed by atoms with Gasteiger partial charge in [0.15, 0.2) is 0 Å². The van der Waals surface area contributed by atoms with Crippen LogP contribution < -0.4 is 5.32 Å². The van der Waals surface area contributed by atoms with Crippen LogP contribution in [0.1, 0.15) is 45.6 Å². The highest BCUT2D eigenvalue weighted by atomic mass is 16.3. The summed E-state index contributed by atoms with van der Waals surface area (Å²) in [5, 5.41) is 24.6. The van der Waals surface area contributed by atoms with Gasteiger partial charge in [0.25, 0.3) is 5.91 Å². The Balaban J connectivity index is 1.64. The summed E-state index contributed by atoms with van der Waals surface area (Å²) in [5.74, 6) is 0.0822. The molecule has 4 aromatic rings. The quantitative estimate of drug-likeness (QED) is 0.361. The lowest BCUT2D eigenvalue weighted by Crippen LogP contribution is -2.58. The summed E-state index contributed by atoms with van der Waals surface area (Å²) in [6.45, 7) is 2.31. The summed E-state index contributed by atoms with van der Waals surface area (Å²) < 4.78 is 0. The maximum absolute atomic E-state index is 13.8. The molecule has 0 saturated heterocycles. The van der Waals surface area contributed by atoms with Crippen molar-refractivity contribution in [2.75, 3.05) is 0 Å². The van der Waals surface area contributed by atoms with Crippen molar-refractivity contribution >= 4 is 5.91 Å². The summed E-state index contributed by atoms with van der Waals surface area (Å²) in [6, 6.07) is 33.6. The molecule has 0 aliphatic carbocycles. The van der Waals surface area contributed by atoms with Gasteiger partial charge in [0.1, 0.15) is 11.4 Å². The molecule has 1 heterocycles. The molecule has 0 aromatic heterocycles. The molecule has 1 amide bonds. The van der Waals surface area contributed by atoms with E-state index in [2.05, 4.69) is 5.32 Å². The molecule has 3 atom stereocenters. The second-order valence-corrected chi connectivity index (χ2v) is 8.97. The number of benzene rings is 4. The Morgan fingerprint density at radius 3 is 2.11 bits per heavy atom. The van der Waals surface area contributed by atoms with Gasteiger partial charge in [-0.15, -0.1) is 0 Å². The zero-order chi connectivity index (χ0) is 24.4. The Hall–Kier alpha value is -3.93. The van der Waals surface area contributed by atoms with Crippen molar-refractivity contribution in [1.82, 2.24) is 10.2 Å². The molecule has 0 radical (unpaired) electrons. The van der Waals surface area contributed by atoms with Gasteiger partial charge in [0.2, 0.25) is 0 Å². The van der Waals surface area contributed by atoms with Crippen LogP contribution >= 0.6 is 0 Å². The van der Waals surface area contributed by atoms with Gasteiger partial charge in [-0.1, -0.05) is 91.0 Å². The zero-order valence-electron chi connectivity index (χ0n) is 19.5. The molecule has 1 aliphatic rings. The fraction of sp³-hybridized carbons (Fsp3) is 0.167. The summed E-state index contributed by atoms with van der Waals surface area (Å²) in [5.41, 5.74) is 3.13. The lowest BCUT2D eigenvalue weighted by atomic mass is 9.88. The molecule has 0 bridgehead atoms. The van der Waals surface area contributed by atoms with Crippen molar-refractivity contribution in [1.29, 1.82) is 0 Å². The Morgan fingerprint density at radius 2 is 1.43 bits per heavy atom. The van der Waals surface area contributed by atoms with Crippen molar-refractivity contribution in [2.24, 2.45) is 0 Å². The van der Waals surface area contributed by atoms with Crippen LogP contribution in [0.4, 0.5) is 0 Å². The topological polar surface area (TPSA) is 72.8 Å². The number of aliphatic hydroxyl groups is 1. The number of rotatable bonds is 7. The summed E-state index contributed by atoms with van der Waals surface area (Å²) in [6.07, 6.45) is -0.863. The minimum atomic E-state index is -0.984. The molecular weight excluding hydrogens is 436 g/mol. The van der Waals surface area contributed by atoms with Crippen molar-refractivity contribution in [2.45, 2.75) is 31.3 Å². The first-order valence-corrected chi connectivity index (χ1v) is 11.8. The minimum absolute atomic E-state index is 0.0628. The van der Waals surface area contributed by atoms with Crippen LogP contribution in [-0.2, 0) is 12.2 Å². The average molecular weight is 465 g/mol. The Bertz CT molecular complexity index is 1310. The predicted molar refractivity (Wildman–Crippen MR) is 136 cm³/mol. The van der Waals surface area contributed by atoms with Gasteiger partial charge < -0.3 is 15.1 Å². The number of nitrogens with one attached hydrogen (secondary N) is 1. The number of hydrogen-bond donors (Lipinski definition) is 3. The van der Waals surface area contributed by atoms with Gasteiger partial charge in [-0.3, -0.25) is 10.1 Å².